The van der Waals surface area contributed by atoms with E-state index in [4.69, 9.17) is 11.6 Å². The van der Waals surface area contributed by atoms with Crippen molar-refractivity contribution in [1.82, 2.24) is 5.32 Å². The van der Waals surface area contributed by atoms with Gasteiger partial charge in [-0.15, -0.1) is 11.8 Å². The fraction of sp³-hybridized carbons (Fsp3) is 0.263. The van der Waals surface area contributed by atoms with Gasteiger partial charge in [0.1, 0.15) is 5.41 Å². The highest BCUT2D eigenvalue weighted by Crippen LogP contribution is 2.27. The molecule has 1 atom stereocenters. The number of aliphatic carboxylic acids is 1. The number of hydrogen-bond donors (Lipinski definition) is 2. The predicted molar refractivity (Wildman–Crippen MR) is 102 cm³/mol. The van der Waals surface area contributed by atoms with Gasteiger partial charge in [-0.3, -0.25) is 9.59 Å². The Kier molecular flexibility index (Phi) is 6.51. The first kappa shape index (κ1) is 19.3. The Bertz CT molecular complexity index is 767. The molecule has 132 valence electrons. The Balaban J connectivity index is 2.23. The van der Waals surface area contributed by atoms with Crippen LogP contribution in [0.4, 0.5) is 0 Å². The third-order valence-corrected chi connectivity index (χ3v) is 5.16. The number of benzene rings is 2. The summed E-state index contributed by atoms with van der Waals surface area (Å²) in [7, 11) is 0. The molecule has 2 aromatic rings. The number of hydrogen-bond acceptors (Lipinski definition) is 3. The zero-order chi connectivity index (χ0) is 18.4. The van der Waals surface area contributed by atoms with Crippen molar-refractivity contribution in [1.29, 1.82) is 0 Å². The first-order valence-electron chi connectivity index (χ1n) is 7.88. The lowest BCUT2D eigenvalue weighted by Gasteiger charge is -2.26. The van der Waals surface area contributed by atoms with Crippen molar-refractivity contribution in [2.45, 2.75) is 24.2 Å². The molecule has 0 saturated carbocycles. The van der Waals surface area contributed by atoms with E-state index in [1.807, 2.05) is 13.0 Å². The van der Waals surface area contributed by atoms with E-state index in [-0.39, 0.29) is 12.5 Å². The van der Waals surface area contributed by atoms with E-state index in [0.29, 0.717) is 16.1 Å². The Hall–Kier alpha value is -1.98. The minimum atomic E-state index is -1.21. The van der Waals surface area contributed by atoms with Gasteiger partial charge in [0.05, 0.1) is 5.56 Å². The molecule has 2 N–H and O–H groups in total. The minimum Gasteiger partial charge on any atom is -0.481 e. The van der Waals surface area contributed by atoms with E-state index < -0.39 is 11.4 Å². The number of halogens is 1. The average molecular weight is 378 g/mol. The standard InChI is InChI=1S/C19H20ClNO3S/c1-3-25-16-10-9-14(20)11-15(16)17(22)21-12-19(2,18(23)24)13-7-5-4-6-8-13/h4-11H,3,12H2,1-2H3,(H,21,22)(H,23,24). The number of carboxylic acid groups (broad SMARTS) is 1. The maximum absolute atomic E-state index is 12.6. The van der Waals surface area contributed by atoms with Gasteiger partial charge >= 0.3 is 5.97 Å². The van der Waals surface area contributed by atoms with E-state index in [1.54, 1.807) is 49.4 Å². The highest BCUT2D eigenvalue weighted by atomic mass is 35.5. The maximum Gasteiger partial charge on any atom is 0.315 e. The zero-order valence-corrected chi connectivity index (χ0v) is 15.7. The van der Waals surface area contributed by atoms with Gasteiger partial charge in [-0.25, -0.2) is 0 Å². The zero-order valence-electron chi connectivity index (χ0n) is 14.1. The van der Waals surface area contributed by atoms with Crippen LogP contribution in [0.2, 0.25) is 5.02 Å². The molecule has 1 amide bonds. The lowest BCUT2D eigenvalue weighted by molar-refractivity contribution is -0.142. The van der Waals surface area contributed by atoms with Gasteiger partial charge in [-0.1, -0.05) is 48.9 Å². The van der Waals surface area contributed by atoms with Crippen LogP contribution in [0.15, 0.2) is 53.4 Å². The highest BCUT2D eigenvalue weighted by molar-refractivity contribution is 7.99. The summed E-state index contributed by atoms with van der Waals surface area (Å²) in [5.41, 5.74) is -0.120. The Morgan fingerprint density at radius 2 is 1.88 bits per heavy atom. The normalized spacial score (nSPS) is 13.1. The Labute approximate surface area is 156 Å². The third-order valence-electron chi connectivity index (χ3n) is 3.97. The molecule has 0 aliphatic heterocycles. The van der Waals surface area contributed by atoms with Gasteiger partial charge in [0.15, 0.2) is 0 Å². The molecule has 0 radical (unpaired) electrons. The number of nitrogens with one attached hydrogen (secondary N) is 1. The smallest absolute Gasteiger partial charge is 0.315 e. The fourth-order valence-electron chi connectivity index (χ4n) is 2.42. The minimum absolute atomic E-state index is 0.0199. The number of amides is 1. The molecule has 0 saturated heterocycles. The lowest BCUT2D eigenvalue weighted by Crippen LogP contribution is -2.44. The van der Waals surface area contributed by atoms with Gasteiger partial charge < -0.3 is 10.4 Å². The molecule has 25 heavy (non-hydrogen) atoms. The molecule has 1 unspecified atom stereocenters. The predicted octanol–water partition coefficient (Wildman–Crippen LogP) is 4.22. The van der Waals surface area contributed by atoms with E-state index in [1.165, 1.54) is 11.8 Å². The van der Waals surface area contributed by atoms with Crippen LogP contribution in [-0.2, 0) is 10.2 Å². The van der Waals surface area contributed by atoms with Crippen molar-refractivity contribution in [3.05, 3.63) is 64.7 Å². The van der Waals surface area contributed by atoms with Gasteiger partial charge in [-0.05, 0) is 36.4 Å². The number of carboxylic acids is 1. The molecular formula is C19H20ClNO3S. The van der Waals surface area contributed by atoms with Crippen molar-refractivity contribution in [2.24, 2.45) is 0 Å². The van der Waals surface area contributed by atoms with Gasteiger partial charge in [0, 0.05) is 16.5 Å². The van der Waals surface area contributed by atoms with Gasteiger partial charge in [-0.2, -0.15) is 0 Å². The summed E-state index contributed by atoms with van der Waals surface area (Å²) in [6.45, 7) is 3.58. The van der Waals surface area contributed by atoms with Crippen molar-refractivity contribution in [3.63, 3.8) is 0 Å². The quantitative estimate of drug-likeness (QED) is 0.709. The van der Waals surface area contributed by atoms with Crippen molar-refractivity contribution >= 4 is 35.2 Å². The third kappa shape index (κ3) is 4.55. The number of carbonyl (C=O) groups excluding carboxylic acids is 1. The summed E-state index contributed by atoms with van der Waals surface area (Å²) < 4.78 is 0. The Morgan fingerprint density at radius 1 is 1.20 bits per heavy atom. The van der Waals surface area contributed by atoms with Crippen LogP contribution in [0.1, 0.15) is 29.8 Å². The molecule has 0 spiro atoms. The van der Waals surface area contributed by atoms with Crippen molar-refractivity contribution < 1.29 is 14.7 Å². The lowest BCUT2D eigenvalue weighted by atomic mass is 9.82. The average Bonchev–Trinajstić information content (AvgIpc) is 2.61. The molecule has 0 aromatic heterocycles. The number of carbonyl (C=O) groups is 2. The second-order valence-corrected chi connectivity index (χ2v) is 7.50. The van der Waals surface area contributed by atoms with E-state index in [9.17, 15) is 14.7 Å². The first-order valence-corrected chi connectivity index (χ1v) is 9.24. The molecule has 0 bridgehead atoms. The summed E-state index contributed by atoms with van der Waals surface area (Å²) in [5, 5.41) is 12.9. The summed E-state index contributed by atoms with van der Waals surface area (Å²) >= 11 is 7.55. The number of thioether (sulfide) groups is 1. The van der Waals surface area contributed by atoms with Crippen molar-refractivity contribution in [2.75, 3.05) is 12.3 Å². The van der Waals surface area contributed by atoms with E-state index in [0.717, 1.165) is 10.6 Å². The van der Waals surface area contributed by atoms with Crippen LogP contribution >= 0.6 is 23.4 Å². The van der Waals surface area contributed by atoms with Crippen LogP contribution in [0, 0.1) is 0 Å². The molecule has 0 aliphatic rings. The SMILES string of the molecule is CCSc1ccc(Cl)cc1C(=O)NCC(C)(C(=O)O)c1ccccc1. The van der Waals surface area contributed by atoms with Gasteiger partial charge in [0.2, 0.25) is 0 Å². The monoisotopic (exact) mass is 377 g/mol. The number of rotatable bonds is 7. The van der Waals surface area contributed by atoms with Crippen LogP contribution in [-0.4, -0.2) is 29.3 Å². The van der Waals surface area contributed by atoms with Crippen molar-refractivity contribution in [3.8, 4) is 0 Å². The first-order chi connectivity index (χ1) is 11.9. The van der Waals surface area contributed by atoms with Crippen LogP contribution in [0.5, 0.6) is 0 Å². The van der Waals surface area contributed by atoms with Crippen LogP contribution < -0.4 is 5.32 Å². The molecular weight excluding hydrogens is 358 g/mol. The van der Waals surface area contributed by atoms with Crippen LogP contribution in [0.3, 0.4) is 0 Å². The molecule has 0 fully saturated rings. The fourth-order valence-corrected chi connectivity index (χ4v) is 3.37. The molecule has 0 heterocycles. The molecule has 0 aliphatic carbocycles. The summed E-state index contributed by atoms with van der Waals surface area (Å²) in [5.74, 6) is -0.506. The molecule has 6 heteroatoms. The highest BCUT2D eigenvalue weighted by Gasteiger charge is 2.35. The largest absolute Gasteiger partial charge is 0.481 e. The summed E-state index contributed by atoms with van der Waals surface area (Å²) in [4.78, 5) is 25.3. The van der Waals surface area contributed by atoms with E-state index >= 15 is 0 Å². The Morgan fingerprint density at radius 3 is 2.48 bits per heavy atom. The molecule has 2 aromatic carbocycles. The van der Waals surface area contributed by atoms with Gasteiger partial charge in [0.25, 0.3) is 5.91 Å². The van der Waals surface area contributed by atoms with E-state index in [2.05, 4.69) is 5.32 Å². The maximum atomic E-state index is 12.6. The second kappa shape index (κ2) is 8.41. The molecule has 2 rings (SSSR count). The topological polar surface area (TPSA) is 66.4 Å². The van der Waals surface area contributed by atoms with Crippen LogP contribution in [0.25, 0.3) is 0 Å². The molecule has 4 nitrogen and oxygen atoms in total. The summed E-state index contributed by atoms with van der Waals surface area (Å²) in [6.07, 6.45) is 0. The summed E-state index contributed by atoms with van der Waals surface area (Å²) in [6, 6.07) is 14.0. The second-order valence-electron chi connectivity index (χ2n) is 5.76.